The van der Waals surface area contributed by atoms with Crippen molar-refractivity contribution in [3.63, 3.8) is 0 Å². The van der Waals surface area contributed by atoms with E-state index in [1.165, 1.54) is 21.5 Å². The van der Waals surface area contributed by atoms with Crippen LogP contribution >= 0.6 is 0 Å². The molecule has 0 bridgehead atoms. The molecular formula is C32H41N9O3. The van der Waals surface area contributed by atoms with Crippen LogP contribution in [0.2, 0.25) is 0 Å². The molecule has 1 saturated carbocycles. The maximum absolute atomic E-state index is 11.9. The van der Waals surface area contributed by atoms with Crippen LogP contribution in [-0.2, 0) is 20.0 Å². The minimum absolute atomic E-state index is 0.0555. The van der Waals surface area contributed by atoms with Crippen LogP contribution in [0.25, 0.3) is 10.9 Å². The first-order valence-corrected chi connectivity index (χ1v) is 15.7. The number of carboxylic acid groups (broad SMARTS) is 1. The zero-order valence-electron chi connectivity index (χ0n) is 25.7. The fourth-order valence-electron chi connectivity index (χ4n) is 7.26. The van der Waals surface area contributed by atoms with Gasteiger partial charge in [-0.25, -0.2) is 4.79 Å². The average Bonchev–Trinajstić information content (AvgIpc) is 3.73. The Bertz CT molecular complexity index is 1590. The molecule has 1 N–H and O–H groups in total. The first-order valence-electron chi connectivity index (χ1n) is 15.7. The third-order valence-corrected chi connectivity index (χ3v) is 10.1. The maximum Gasteiger partial charge on any atom is 0.407 e. The van der Waals surface area contributed by atoms with Crippen molar-refractivity contribution >= 4 is 28.5 Å². The van der Waals surface area contributed by atoms with E-state index in [0.717, 1.165) is 69.1 Å². The molecule has 232 valence electrons. The SMILES string of the molecule is CN1CCN(C2(COc3nc4c(c(N5CCN(C(=O)O)C(CC#N)C5)n3)CCN(c3cccc5ccn(C)c35)C4)CC2)CC1. The van der Waals surface area contributed by atoms with Gasteiger partial charge in [0.15, 0.2) is 0 Å². The lowest BCUT2D eigenvalue weighted by molar-refractivity contribution is 0.0650. The lowest BCUT2D eigenvalue weighted by atomic mass is 10.0. The van der Waals surface area contributed by atoms with Gasteiger partial charge in [-0.1, -0.05) is 12.1 Å². The topological polar surface area (TPSA) is 117 Å². The van der Waals surface area contributed by atoms with E-state index in [0.29, 0.717) is 38.8 Å². The average molecular weight is 600 g/mol. The van der Waals surface area contributed by atoms with Gasteiger partial charge in [0.2, 0.25) is 0 Å². The highest BCUT2D eigenvalue weighted by atomic mass is 16.5. The fourth-order valence-corrected chi connectivity index (χ4v) is 7.26. The second kappa shape index (κ2) is 11.4. The van der Waals surface area contributed by atoms with Crippen molar-refractivity contribution in [2.45, 2.75) is 43.8 Å². The van der Waals surface area contributed by atoms with Crippen LogP contribution < -0.4 is 14.5 Å². The number of aromatic nitrogens is 3. The molecule has 1 amide bonds. The third-order valence-electron chi connectivity index (χ3n) is 10.1. The number of fused-ring (bicyclic) bond motifs is 2. The summed E-state index contributed by atoms with van der Waals surface area (Å²) < 4.78 is 8.65. The van der Waals surface area contributed by atoms with E-state index in [9.17, 15) is 15.2 Å². The zero-order valence-corrected chi connectivity index (χ0v) is 25.7. The molecule has 12 nitrogen and oxygen atoms in total. The number of benzene rings is 1. The molecule has 0 radical (unpaired) electrons. The van der Waals surface area contributed by atoms with Gasteiger partial charge in [-0.15, -0.1) is 0 Å². The number of nitrogens with zero attached hydrogens (tertiary/aromatic N) is 9. The summed E-state index contributed by atoms with van der Waals surface area (Å²) in [5, 5.41) is 20.4. The normalized spacial score (nSPS) is 22.1. The number of hydrogen-bond donors (Lipinski definition) is 1. The predicted octanol–water partition coefficient (Wildman–Crippen LogP) is 2.77. The standard InChI is InChI=1S/C32H41N9O3/c1-36-14-17-40(18-15-36)32(9-10-32)22-44-30-34-26-21-38(27-5-3-4-23-7-12-37(2)28(23)27)13-8-25(26)29(35-30)39-16-19-41(31(42)43)24(20-39)6-11-33/h3-5,7,12,24H,6,8-10,13-22H2,1-2H3,(H,42,43). The lowest BCUT2D eigenvalue weighted by Gasteiger charge is -2.41. The van der Waals surface area contributed by atoms with Gasteiger partial charge >= 0.3 is 12.1 Å². The van der Waals surface area contributed by atoms with Crippen molar-refractivity contribution in [1.82, 2.24) is 29.2 Å². The summed E-state index contributed by atoms with van der Waals surface area (Å²) in [6.07, 6.45) is 4.26. The van der Waals surface area contributed by atoms with E-state index in [2.05, 4.69) is 74.8 Å². The van der Waals surface area contributed by atoms with Crippen LogP contribution in [-0.4, -0.2) is 118 Å². The number of para-hydroxylation sites is 1. The van der Waals surface area contributed by atoms with Crippen molar-refractivity contribution in [3.05, 3.63) is 41.7 Å². The van der Waals surface area contributed by atoms with Crippen LogP contribution in [0.5, 0.6) is 6.01 Å². The molecule has 1 atom stereocenters. The molecule has 1 aliphatic carbocycles. The second-order valence-corrected chi connectivity index (χ2v) is 12.8. The largest absolute Gasteiger partial charge is 0.465 e. The molecule has 3 fully saturated rings. The number of likely N-dealkylation sites (N-methyl/N-ethyl adjacent to an activating group) is 1. The number of ether oxygens (including phenoxy) is 1. The van der Waals surface area contributed by atoms with E-state index in [1.807, 2.05) is 0 Å². The van der Waals surface area contributed by atoms with E-state index in [4.69, 9.17) is 14.7 Å². The summed E-state index contributed by atoms with van der Waals surface area (Å²) in [5.74, 6) is 0.819. The first kappa shape index (κ1) is 28.7. The lowest BCUT2D eigenvalue weighted by Crippen LogP contribution is -2.55. The number of anilines is 2. The van der Waals surface area contributed by atoms with Gasteiger partial charge in [-0.2, -0.15) is 15.2 Å². The molecular weight excluding hydrogens is 558 g/mol. The Hall–Kier alpha value is -4.08. The van der Waals surface area contributed by atoms with Gasteiger partial charge in [0.1, 0.15) is 12.4 Å². The molecule has 7 rings (SSSR count). The Balaban J connectivity index is 1.19. The first-order chi connectivity index (χ1) is 21.3. The van der Waals surface area contributed by atoms with Gasteiger partial charge in [-0.3, -0.25) is 4.90 Å². The van der Waals surface area contributed by atoms with Crippen LogP contribution in [0, 0.1) is 11.3 Å². The van der Waals surface area contributed by atoms with Gasteiger partial charge in [0.25, 0.3) is 0 Å². The van der Waals surface area contributed by atoms with Gasteiger partial charge in [-0.05, 0) is 38.4 Å². The Morgan fingerprint density at radius 3 is 2.64 bits per heavy atom. The summed E-state index contributed by atoms with van der Waals surface area (Å²) in [5.41, 5.74) is 4.48. The van der Waals surface area contributed by atoms with E-state index >= 15 is 0 Å². The molecule has 0 spiro atoms. The van der Waals surface area contributed by atoms with Gasteiger partial charge in [0, 0.05) is 76.6 Å². The van der Waals surface area contributed by atoms with Gasteiger partial charge < -0.3 is 34.0 Å². The van der Waals surface area contributed by atoms with E-state index in [-0.39, 0.29) is 12.0 Å². The van der Waals surface area contributed by atoms with E-state index in [1.54, 1.807) is 0 Å². The number of nitriles is 1. The van der Waals surface area contributed by atoms with Crippen LogP contribution in [0.3, 0.4) is 0 Å². The summed E-state index contributed by atoms with van der Waals surface area (Å²) in [6.45, 7) is 7.48. The van der Waals surface area contributed by atoms with Crippen molar-refractivity contribution in [2.75, 3.05) is 75.8 Å². The molecule has 1 unspecified atom stereocenters. The number of rotatable bonds is 7. The number of amides is 1. The number of piperazine rings is 2. The quantitative estimate of drug-likeness (QED) is 0.435. The molecule has 5 heterocycles. The second-order valence-electron chi connectivity index (χ2n) is 12.8. The fraction of sp³-hybridized carbons (Fsp3) is 0.562. The molecule has 2 aromatic heterocycles. The summed E-state index contributed by atoms with van der Waals surface area (Å²) in [7, 11) is 4.26. The Kier molecular flexibility index (Phi) is 7.46. The highest BCUT2D eigenvalue weighted by Gasteiger charge is 2.49. The van der Waals surface area contributed by atoms with Crippen LogP contribution in [0.15, 0.2) is 30.5 Å². The van der Waals surface area contributed by atoms with Gasteiger partial charge in [0.05, 0.1) is 47.5 Å². The smallest absolute Gasteiger partial charge is 0.407 e. The molecule has 44 heavy (non-hydrogen) atoms. The molecule has 4 aliphatic rings. The number of carbonyl (C=O) groups is 1. The Labute approximate surface area is 258 Å². The highest BCUT2D eigenvalue weighted by molar-refractivity contribution is 5.92. The van der Waals surface area contributed by atoms with Crippen LogP contribution in [0.4, 0.5) is 16.3 Å². The maximum atomic E-state index is 11.9. The molecule has 3 aromatic rings. The van der Waals surface area contributed by atoms with Crippen molar-refractivity contribution < 1.29 is 14.6 Å². The minimum atomic E-state index is -0.984. The third kappa shape index (κ3) is 5.28. The predicted molar refractivity (Wildman–Crippen MR) is 167 cm³/mol. The Morgan fingerprint density at radius 2 is 1.89 bits per heavy atom. The molecule has 1 aromatic carbocycles. The minimum Gasteiger partial charge on any atom is -0.465 e. The summed E-state index contributed by atoms with van der Waals surface area (Å²) in [4.78, 5) is 32.8. The molecule has 3 aliphatic heterocycles. The van der Waals surface area contributed by atoms with Crippen molar-refractivity contribution in [3.8, 4) is 12.1 Å². The highest BCUT2D eigenvalue weighted by Crippen LogP contribution is 2.43. The summed E-state index contributed by atoms with van der Waals surface area (Å²) in [6, 6.07) is 10.7. The van der Waals surface area contributed by atoms with Crippen molar-refractivity contribution in [1.29, 1.82) is 5.26 Å². The molecule has 2 saturated heterocycles. The van der Waals surface area contributed by atoms with Crippen LogP contribution in [0.1, 0.15) is 30.5 Å². The number of hydrogen-bond acceptors (Lipinski definition) is 9. The van der Waals surface area contributed by atoms with E-state index < -0.39 is 12.1 Å². The van der Waals surface area contributed by atoms with Crippen molar-refractivity contribution in [2.24, 2.45) is 7.05 Å². The monoisotopic (exact) mass is 599 g/mol. The Morgan fingerprint density at radius 1 is 1.07 bits per heavy atom. The number of aryl methyl sites for hydroxylation is 1. The molecule has 12 heteroatoms. The summed E-state index contributed by atoms with van der Waals surface area (Å²) >= 11 is 0. The zero-order chi connectivity index (χ0) is 30.4.